The van der Waals surface area contributed by atoms with Crippen molar-refractivity contribution in [2.75, 3.05) is 0 Å². The van der Waals surface area contributed by atoms with Gasteiger partial charge in [0.1, 0.15) is 5.82 Å². The molecule has 16 heavy (non-hydrogen) atoms. The minimum atomic E-state index is -0.235. The van der Waals surface area contributed by atoms with Gasteiger partial charge in [0.2, 0.25) is 0 Å². The van der Waals surface area contributed by atoms with E-state index in [9.17, 15) is 4.39 Å². The fourth-order valence-electron chi connectivity index (χ4n) is 1.57. The Morgan fingerprint density at radius 2 is 2.31 bits per heavy atom. The van der Waals surface area contributed by atoms with Crippen molar-refractivity contribution < 1.29 is 4.39 Å². The van der Waals surface area contributed by atoms with E-state index in [1.807, 2.05) is 13.1 Å². The Hall–Kier alpha value is -1.90. The number of hydrogen-bond acceptors (Lipinski definition) is 1. The van der Waals surface area contributed by atoms with Gasteiger partial charge in [0.05, 0.1) is 6.20 Å². The molecule has 0 amide bonds. The fourth-order valence-corrected chi connectivity index (χ4v) is 1.57. The van der Waals surface area contributed by atoms with Crippen molar-refractivity contribution in [1.29, 1.82) is 0 Å². The van der Waals surface area contributed by atoms with E-state index in [2.05, 4.69) is 11.7 Å². The Morgan fingerprint density at radius 1 is 1.50 bits per heavy atom. The smallest absolute Gasteiger partial charge is 0.131 e. The number of aromatic nitrogens is 2. The van der Waals surface area contributed by atoms with Crippen LogP contribution in [0.1, 0.15) is 12.5 Å². The summed E-state index contributed by atoms with van der Waals surface area (Å²) in [5.74, 6) is -0.235. The number of nitrogens with zero attached hydrogens (tertiary/aromatic N) is 2. The average molecular weight is 216 g/mol. The van der Waals surface area contributed by atoms with E-state index in [-0.39, 0.29) is 5.82 Å². The first-order valence-electron chi connectivity index (χ1n) is 5.19. The number of rotatable bonds is 3. The van der Waals surface area contributed by atoms with E-state index < -0.39 is 0 Å². The molecule has 3 heteroatoms. The van der Waals surface area contributed by atoms with Gasteiger partial charge in [0.15, 0.2) is 0 Å². The molecule has 0 fully saturated rings. The number of aryl methyl sites for hydroxylation is 1. The molecule has 0 radical (unpaired) electrons. The predicted molar refractivity (Wildman–Crippen MR) is 63.4 cm³/mol. The van der Waals surface area contributed by atoms with Gasteiger partial charge in [-0.1, -0.05) is 18.7 Å². The summed E-state index contributed by atoms with van der Waals surface area (Å²) < 4.78 is 15.4. The van der Waals surface area contributed by atoms with Crippen LogP contribution in [-0.2, 0) is 6.54 Å². The summed E-state index contributed by atoms with van der Waals surface area (Å²) in [5.41, 5.74) is 2.26. The lowest BCUT2D eigenvalue weighted by molar-refractivity contribution is 0.631. The highest BCUT2D eigenvalue weighted by molar-refractivity contribution is 5.66. The van der Waals surface area contributed by atoms with Crippen LogP contribution in [0.15, 0.2) is 37.2 Å². The molecule has 0 aliphatic rings. The second-order valence-corrected chi connectivity index (χ2v) is 3.53. The fraction of sp³-hybridized carbons (Fsp3) is 0.154. The summed E-state index contributed by atoms with van der Waals surface area (Å²) in [5, 5.41) is 4.13. The van der Waals surface area contributed by atoms with Gasteiger partial charge in [-0.25, -0.2) is 4.39 Å². The Bertz CT molecular complexity index is 514. The van der Waals surface area contributed by atoms with Crippen molar-refractivity contribution in [3.63, 3.8) is 0 Å². The molecular formula is C13H13FN2. The topological polar surface area (TPSA) is 17.8 Å². The van der Waals surface area contributed by atoms with Crippen molar-refractivity contribution in [2.45, 2.75) is 13.5 Å². The second-order valence-electron chi connectivity index (χ2n) is 3.53. The molecule has 0 saturated carbocycles. The third kappa shape index (κ3) is 1.89. The van der Waals surface area contributed by atoms with E-state index in [0.29, 0.717) is 5.56 Å². The predicted octanol–water partition coefficient (Wildman–Crippen LogP) is 3.35. The van der Waals surface area contributed by atoms with Gasteiger partial charge >= 0.3 is 0 Å². The molecule has 0 bridgehead atoms. The van der Waals surface area contributed by atoms with E-state index >= 15 is 0 Å². The maximum absolute atomic E-state index is 13.6. The third-order valence-corrected chi connectivity index (χ3v) is 2.49. The molecular weight excluding hydrogens is 203 g/mol. The maximum Gasteiger partial charge on any atom is 0.131 e. The van der Waals surface area contributed by atoms with Gasteiger partial charge < -0.3 is 0 Å². The zero-order valence-electron chi connectivity index (χ0n) is 9.15. The van der Waals surface area contributed by atoms with Gasteiger partial charge in [-0.05, 0) is 24.6 Å². The molecule has 0 aliphatic carbocycles. The first-order valence-corrected chi connectivity index (χ1v) is 5.19. The van der Waals surface area contributed by atoms with Gasteiger partial charge in [-0.15, -0.1) is 0 Å². The van der Waals surface area contributed by atoms with Crippen LogP contribution in [0.3, 0.4) is 0 Å². The van der Waals surface area contributed by atoms with E-state index in [1.165, 1.54) is 6.07 Å². The lowest BCUT2D eigenvalue weighted by Crippen LogP contribution is -1.92. The molecule has 2 nitrogen and oxygen atoms in total. The van der Waals surface area contributed by atoms with Crippen LogP contribution >= 0.6 is 0 Å². The Morgan fingerprint density at radius 3 is 2.94 bits per heavy atom. The van der Waals surface area contributed by atoms with Crippen molar-refractivity contribution in [3.8, 4) is 11.1 Å². The third-order valence-electron chi connectivity index (χ3n) is 2.49. The molecule has 0 atom stereocenters. The van der Waals surface area contributed by atoms with Crippen LogP contribution in [0.4, 0.5) is 4.39 Å². The van der Waals surface area contributed by atoms with Crippen molar-refractivity contribution in [3.05, 3.63) is 48.6 Å². The molecule has 1 aromatic heterocycles. The maximum atomic E-state index is 13.6. The minimum Gasteiger partial charge on any atom is -0.272 e. The molecule has 82 valence electrons. The summed E-state index contributed by atoms with van der Waals surface area (Å²) in [7, 11) is 0. The standard InChI is InChI=1S/C13H13FN2/c1-3-10-5-6-13(14)12(7-10)11-8-15-16(4-2)9-11/h3,5-9H,1,4H2,2H3. The Kier molecular flexibility index (Phi) is 2.86. The van der Waals surface area contributed by atoms with Crippen LogP contribution < -0.4 is 0 Å². The van der Waals surface area contributed by atoms with Crippen LogP contribution in [-0.4, -0.2) is 9.78 Å². The van der Waals surface area contributed by atoms with Crippen molar-refractivity contribution in [2.24, 2.45) is 0 Å². The van der Waals surface area contributed by atoms with Crippen LogP contribution in [0.2, 0.25) is 0 Å². The minimum absolute atomic E-state index is 0.235. The molecule has 1 aromatic carbocycles. The quantitative estimate of drug-likeness (QED) is 0.769. The molecule has 2 aromatic rings. The first-order chi connectivity index (χ1) is 7.74. The van der Waals surface area contributed by atoms with E-state index in [0.717, 1.165) is 17.7 Å². The molecule has 1 heterocycles. The Labute approximate surface area is 94.0 Å². The van der Waals surface area contributed by atoms with Gasteiger partial charge in [-0.2, -0.15) is 5.10 Å². The van der Waals surface area contributed by atoms with E-state index in [1.54, 1.807) is 29.1 Å². The van der Waals surface area contributed by atoms with Gasteiger partial charge in [-0.3, -0.25) is 4.68 Å². The van der Waals surface area contributed by atoms with Gasteiger partial charge in [0.25, 0.3) is 0 Å². The molecule has 0 saturated heterocycles. The average Bonchev–Trinajstić information content (AvgIpc) is 2.78. The SMILES string of the molecule is C=Cc1ccc(F)c(-c2cnn(CC)c2)c1. The summed E-state index contributed by atoms with van der Waals surface area (Å²) in [6.07, 6.45) is 5.22. The zero-order valence-corrected chi connectivity index (χ0v) is 9.15. The molecule has 0 spiro atoms. The molecule has 2 rings (SSSR count). The summed E-state index contributed by atoms with van der Waals surface area (Å²) in [6.45, 7) is 6.45. The highest BCUT2D eigenvalue weighted by Crippen LogP contribution is 2.23. The molecule has 0 aliphatic heterocycles. The van der Waals surface area contributed by atoms with Crippen LogP contribution in [0, 0.1) is 5.82 Å². The monoisotopic (exact) mass is 216 g/mol. The summed E-state index contributed by atoms with van der Waals surface area (Å²) in [4.78, 5) is 0. The molecule has 0 N–H and O–H groups in total. The van der Waals surface area contributed by atoms with Crippen molar-refractivity contribution >= 4 is 6.08 Å². The highest BCUT2D eigenvalue weighted by Gasteiger charge is 2.07. The summed E-state index contributed by atoms with van der Waals surface area (Å²) >= 11 is 0. The Balaban J connectivity index is 2.49. The van der Waals surface area contributed by atoms with Crippen molar-refractivity contribution in [1.82, 2.24) is 9.78 Å². The zero-order chi connectivity index (χ0) is 11.5. The number of halogens is 1. The van der Waals surface area contributed by atoms with Crippen LogP contribution in [0.5, 0.6) is 0 Å². The largest absolute Gasteiger partial charge is 0.272 e. The number of hydrogen-bond donors (Lipinski definition) is 0. The normalized spacial score (nSPS) is 10.4. The second kappa shape index (κ2) is 4.31. The van der Waals surface area contributed by atoms with E-state index in [4.69, 9.17) is 0 Å². The highest BCUT2D eigenvalue weighted by atomic mass is 19.1. The number of benzene rings is 1. The van der Waals surface area contributed by atoms with Gasteiger partial charge in [0, 0.05) is 23.9 Å². The summed E-state index contributed by atoms with van der Waals surface area (Å²) in [6, 6.07) is 4.94. The molecule has 0 unspecified atom stereocenters. The lowest BCUT2D eigenvalue weighted by Gasteiger charge is -2.01. The lowest BCUT2D eigenvalue weighted by atomic mass is 10.1. The first kappa shape index (κ1) is 10.6. The van der Waals surface area contributed by atoms with Crippen LogP contribution in [0.25, 0.3) is 17.2 Å².